The predicted molar refractivity (Wildman–Crippen MR) is 78.1 cm³/mol. The summed E-state index contributed by atoms with van der Waals surface area (Å²) in [7, 11) is -3.54. The van der Waals surface area contributed by atoms with Crippen molar-refractivity contribution in [3.05, 3.63) is 17.9 Å². The SMILES string of the molecule is CN(C)S(=O)(=O)c1ccc(CNC2CCS(=O)(=O)CC2)o1. The lowest BCUT2D eigenvalue weighted by atomic mass is 10.1. The zero-order chi connectivity index (χ0) is 15.7. The van der Waals surface area contributed by atoms with Crippen LogP contribution in [0.4, 0.5) is 0 Å². The zero-order valence-corrected chi connectivity index (χ0v) is 13.7. The Labute approximate surface area is 125 Å². The summed E-state index contributed by atoms with van der Waals surface area (Å²) in [4.78, 5) is 0. The average Bonchev–Trinajstić information content (AvgIpc) is 2.87. The number of hydrogen-bond donors (Lipinski definition) is 1. The van der Waals surface area contributed by atoms with E-state index in [1.807, 2.05) is 0 Å². The summed E-state index contributed by atoms with van der Waals surface area (Å²) in [6, 6.07) is 3.16. The van der Waals surface area contributed by atoms with E-state index < -0.39 is 19.9 Å². The Morgan fingerprint density at radius 3 is 2.48 bits per heavy atom. The number of sulfonamides is 1. The van der Waals surface area contributed by atoms with Crippen LogP contribution < -0.4 is 5.32 Å². The first-order valence-electron chi connectivity index (χ1n) is 6.66. The predicted octanol–water partition coefficient (Wildman–Crippen LogP) is 0.197. The molecule has 2 rings (SSSR count). The van der Waals surface area contributed by atoms with Gasteiger partial charge in [0.2, 0.25) is 5.09 Å². The van der Waals surface area contributed by atoms with Crippen molar-refractivity contribution in [1.82, 2.24) is 9.62 Å². The van der Waals surface area contributed by atoms with Crippen molar-refractivity contribution >= 4 is 19.9 Å². The molecule has 120 valence electrons. The van der Waals surface area contributed by atoms with Crippen LogP contribution in [0.5, 0.6) is 0 Å². The molecule has 9 heteroatoms. The first-order valence-corrected chi connectivity index (χ1v) is 9.92. The van der Waals surface area contributed by atoms with E-state index in [2.05, 4.69) is 5.32 Å². The van der Waals surface area contributed by atoms with Gasteiger partial charge in [0.15, 0.2) is 0 Å². The quantitative estimate of drug-likeness (QED) is 0.825. The van der Waals surface area contributed by atoms with Crippen LogP contribution in [0.2, 0.25) is 0 Å². The fourth-order valence-electron chi connectivity index (χ4n) is 2.11. The van der Waals surface area contributed by atoms with E-state index >= 15 is 0 Å². The summed E-state index contributed by atoms with van der Waals surface area (Å²) in [5, 5.41) is 3.12. The van der Waals surface area contributed by atoms with E-state index in [1.54, 1.807) is 6.07 Å². The lowest BCUT2D eigenvalue weighted by molar-refractivity contribution is 0.371. The molecular formula is C12H20N2O5S2. The van der Waals surface area contributed by atoms with Crippen LogP contribution in [0.1, 0.15) is 18.6 Å². The first-order chi connectivity index (χ1) is 9.71. The lowest BCUT2D eigenvalue weighted by Crippen LogP contribution is -2.37. The van der Waals surface area contributed by atoms with Crippen LogP contribution >= 0.6 is 0 Å². The number of furan rings is 1. The fourth-order valence-corrected chi connectivity index (χ4v) is 4.41. The zero-order valence-electron chi connectivity index (χ0n) is 12.1. The van der Waals surface area contributed by atoms with Gasteiger partial charge in [-0.05, 0) is 25.0 Å². The Balaban J connectivity index is 1.92. The van der Waals surface area contributed by atoms with Crippen LogP contribution in [0.3, 0.4) is 0 Å². The summed E-state index contributed by atoms with van der Waals surface area (Å²) < 4.78 is 52.8. The topological polar surface area (TPSA) is 96.7 Å². The number of nitrogens with one attached hydrogen (secondary N) is 1. The minimum atomic E-state index is -3.56. The second-order valence-electron chi connectivity index (χ2n) is 5.32. The van der Waals surface area contributed by atoms with Gasteiger partial charge in [0.25, 0.3) is 10.0 Å². The van der Waals surface area contributed by atoms with Gasteiger partial charge in [-0.3, -0.25) is 0 Å². The maximum absolute atomic E-state index is 11.9. The Morgan fingerprint density at radius 2 is 1.90 bits per heavy atom. The number of sulfone groups is 1. The molecule has 0 amide bonds. The molecule has 0 aromatic carbocycles. The Bertz CT molecular complexity index is 677. The molecule has 0 radical (unpaired) electrons. The van der Waals surface area contributed by atoms with Crippen LogP contribution in [0.25, 0.3) is 0 Å². The Morgan fingerprint density at radius 1 is 1.29 bits per heavy atom. The van der Waals surface area contributed by atoms with Crippen molar-refractivity contribution in [1.29, 1.82) is 0 Å². The number of nitrogens with zero attached hydrogens (tertiary/aromatic N) is 1. The third kappa shape index (κ3) is 4.06. The summed E-state index contributed by atoms with van der Waals surface area (Å²) in [6.45, 7) is 0.383. The van der Waals surface area contributed by atoms with E-state index in [0.29, 0.717) is 25.1 Å². The highest BCUT2D eigenvalue weighted by atomic mass is 32.2. The van der Waals surface area contributed by atoms with Crippen LogP contribution in [0, 0.1) is 0 Å². The second-order valence-corrected chi connectivity index (χ2v) is 9.70. The van der Waals surface area contributed by atoms with Crippen LogP contribution in [-0.2, 0) is 26.4 Å². The van der Waals surface area contributed by atoms with E-state index in [4.69, 9.17) is 4.42 Å². The molecule has 1 aromatic rings. The molecule has 2 heterocycles. The van der Waals surface area contributed by atoms with E-state index in [-0.39, 0.29) is 22.6 Å². The van der Waals surface area contributed by atoms with Crippen molar-refractivity contribution in [3.63, 3.8) is 0 Å². The average molecular weight is 336 g/mol. The minimum absolute atomic E-state index is 0.0875. The largest absolute Gasteiger partial charge is 0.447 e. The summed E-state index contributed by atoms with van der Waals surface area (Å²) >= 11 is 0. The maximum Gasteiger partial charge on any atom is 0.275 e. The third-order valence-corrected chi connectivity index (χ3v) is 6.90. The van der Waals surface area contributed by atoms with Gasteiger partial charge in [0.05, 0.1) is 18.1 Å². The summed E-state index contributed by atoms with van der Waals surface area (Å²) in [5.41, 5.74) is 0. The maximum atomic E-state index is 11.9. The van der Waals surface area contributed by atoms with Gasteiger partial charge in [-0.2, -0.15) is 0 Å². The molecule has 1 N–H and O–H groups in total. The molecule has 0 spiro atoms. The third-order valence-electron chi connectivity index (χ3n) is 3.49. The normalized spacial score (nSPS) is 20.0. The van der Waals surface area contributed by atoms with Gasteiger partial charge < -0.3 is 9.73 Å². The highest BCUT2D eigenvalue weighted by Gasteiger charge is 2.24. The van der Waals surface area contributed by atoms with Gasteiger partial charge in [0, 0.05) is 20.1 Å². The standard InChI is InChI=1S/C12H20N2O5S2/c1-14(2)21(17,18)12-4-3-11(19-12)9-13-10-5-7-20(15,16)8-6-10/h3-4,10,13H,5-9H2,1-2H3. The van der Waals surface area contributed by atoms with Crippen molar-refractivity contribution in [2.24, 2.45) is 0 Å². The molecule has 0 aliphatic carbocycles. The van der Waals surface area contributed by atoms with E-state index in [0.717, 1.165) is 4.31 Å². The molecule has 7 nitrogen and oxygen atoms in total. The molecule has 1 aliphatic heterocycles. The monoisotopic (exact) mass is 336 g/mol. The molecule has 0 bridgehead atoms. The smallest absolute Gasteiger partial charge is 0.275 e. The fraction of sp³-hybridized carbons (Fsp3) is 0.667. The van der Waals surface area contributed by atoms with Gasteiger partial charge >= 0.3 is 0 Å². The highest BCUT2D eigenvalue weighted by molar-refractivity contribution is 7.91. The Hall–Kier alpha value is -0.900. The van der Waals surface area contributed by atoms with E-state index in [9.17, 15) is 16.8 Å². The number of hydrogen-bond acceptors (Lipinski definition) is 6. The van der Waals surface area contributed by atoms with Crippen molar-refractivity contribution in [2.75, 3.05) is 25.6 Å². The van der Waals surface area contributed by atoms with Crippen molar-refractivity contribution in [2.45, 2.75) is 30.5 Å². The highest BCUT2D eigenvalue weighted by Crippen LogP contribution is 2.18. The van der Waals surface area contributed by atoms with Gasteiger partial charge in [-0.25, -0.2) is 21.1 Å². The van der Waals surface area contributed by atoms with Gasteiger partial charge in [-0.1, -0.05) is 0 Å². The minimum Gasteiger partial charge on any atom is -0.447 e. The molecule has 1 aliphatic rings. The molecule has 0 unspecified atom stereocenters. The molecule has 1 fully saturated rings. The lowest BCUT2D eigenvalue weighted by Gasteiger charge is -2.22. The van der Waals surface area contributed by atoms with Crippen molar-refractivity contribution < 1.29 is 21.3 Å². The summed E-state index contributed by atoms with van der Waals surface area (Å²) in [6.07, 6.45) is 1.15. The van der Waals surface area contributed by atoms with E-state index in [1.165, 1.54) is 20.2 Å². The molecule has 0 atom stereocenters. The molecular weight excluding hydrogens is 316 g/mol. The molecule has 1 saturated heterocycles. The second kappa shape index (κ2) is 6.07. The van der Waals surface area contributed by atoms with Crippen LogP contribution in [-0.4, -0.2) is 52.8 Å². The molecule has 1 aromatic heterocycles. The van der Waals surface area contributed by atoms with Gasteiger partial charge in [0.1, 0.15) is 15.6 Å². The first kappa shape index (κ1) is 16.5. The molecule has 21 heavy (non-hydrogen) atoms. The van der Waals surface area contributed by atoms with Gasteiger partial charge in [-0.15, -0.1) is 0 Å². The van der Waals surface area contributed by atoms with Crippen molar-refractivity contribution in [3.8, 4) is 0 Å². The summed E-state index contributed by atoms with van der Waals surface area (Å²) in [5.74, 6) is 0.912. The Kier molecular flexibility index (Phi) is 4.76. The molecule has 0 saturated carbocycles. The van der Waals surface area contributed by atoms with Crippen LogP contribution in [0.15, 0.2) is 21.6 Å². The number of rotatable bonds is 5.